The summed E-state index contributed by atoms with van der Waals surface area (Å²) in [7, 11) is 0. The summed E-state index contributed by atoms with van der Waals surface area (Å²) in [6.45, 7) is 3.33. The molecule has 1 unspecified atom stereocenters. The zero-order valence-corrected chi connectivity index (χ0v) is 15.3. The van der Waals surface area contributed by atoms with E-state index in [1.54, 1.807) is 6.92 Å². The number of nitrogens with one attached hydrogen (secondary N) is 1. The number of esters is 1. The normalized spacial score (nSPS) is 16.2. The molecule has 0 aliphatic carbocycles. The molecule has 1 heterocycles. The standard InChI is InChI=1S/C16H16N4O6S/c1-3-26-15(22)13-9(2)17-16(23)19-14(13)27-8-12(21)18-10-4-6-11(7-5-10)20(24)25/h4-7,13H,3,8H2,1-2H3,(H,18,21). The molecule has 0 saturated heterocycles. The van der Waals surface area contributed by atoms with E-state index in [2.05, 4.69) is 15.3 Å². The number of carbonyl (C=O) groups is 3. The van der Waals surface area contributed by atoms with Crippen LogP contribution in [0.15, 0.2) is 34.3 Å². The summed E-state index contributed by atoms with van der Waals surface area (Å²) >= 11 is 0.930. The first-order valence-corrected chi connectivity index (χ1v) is 8.81. The molecule has 1 aliphatic rings. The molecule has 3 amide bonds. The van der Waals surface area contributed by atoms with Crippen LogP contribution < -0.4 is 5.32 Å². The van der Waals surface area contributed by atoms with Gasteiger partial charge in [0, 0.05) is 23.5 Å². The van der Waals surface area contributed by atoms with Gasteiger partial charge in [-0.05, 0) is 26.0 Å². The van der Waals surface area contributed by atoms with Crippen molar-refractivity contribution in [2.24, 2.45) is 15.9 Å². The molecule has 0 fully saturated rings. The molecule has 2 rings (SSSR count). The van der Waals surface area contributed by atoms with Crippen molar-refractivity contribution >= 4 is 51.8 Å². The number of hydrogen-bond acceptors (Lipinski definition) is 7. The zero-order chi connectivity index (χ0) is 20.0. The monoisotopic (exact) mass is 392 g/mol. The van der Waals surface area contributed by atoms with Gasteiger partial charge in [-0.1, -0.05) is 11.8 Å². The third-order valence-electron chi connectivity index (χ3n) is 3.38. The van der Waals surface area contributed by atoms with Crippen LogP contribution in [0.25, 0.3) is 0 Å². The number of urea groups is 1. The van der Waals surface area contributed by atoms with Gasteiger partial charge in [0.15, 0.2) is 0 Å². The molecule has 27 heavy (non-hydrogen) atoms. The molecule has 11 heteroatoms. The Bertz CT molecular complexity index is 834. The van der Waals surface area contributed by atoms with Gasteiger partial charge in [-0.25, -0.2) is 4.79 Å². The molecule has 1 atom stereocenters. The van der Waals surface area contributed by atoms with Gasteiger partial charge in [-0.2, -0.15) is 9.98 Å². The number of aliphatic imine (C=N–C) groups is 2. The molecule has 10 nitrogen and oxygen atoms in total. The Morgan fingerprint density at radius 2 is 1.96 bits per heavy atom. The van der Waals surface area contributed by atoms with Crippen molar-refractivity contribution in [2.75, 3.05) is 17.7 Å². The minimum absolute atomic E-state index is 0.0931. The Morgan fingerprint density at radius 3 is 2.56 bits per heavy atom. The lowest BCUT2D eigenvalue weighted by Gasteiger charge is -2.19. The van der Waals surface area contributed by atoms with E-state index in [0.29, 0.717) is 5.69 Å². The lowest BCUT2D eigenvalue weighted by Crippen LogP contribution is -2.34. The van der Waals surface area contributed by atoms with Crippen LogP contribution in [0, 0.1) is 16.0 Å². The topological polar surface area (TPSA) is 140 Å². The fourth-order valence-electron chi connectivity index (χ4n) is 2.19. The Balaban J connectivity index is 2.00. The van der Waals surface area contributed by atoms with Crippen LogP contribution in [0.4, 0.5) is 16.2 Å². The fraction of sp³-hybridized carbons (Fsp3) is 0.312. The number of carbonyl (C=O) groups excluding carboxylic acids is 3. The summed E-state index contributed by atoms with van der Waals surface area (Å²) in [5.74, 6) is -2.05. The Kier molecular flexibility index (Phi) is 6.77. The number of nitrogens with zero attached hydrogens (tertiary/aromatic N) is 3. The minimum Gasteiger partial charge on any atom is -0.465 e. The molecule has 1 aliphatic heterocycles. The quantitative estimate of drug-likeness (QED) is 0.445. The highest BCUT2D eigenvalue weighted by molar-refractivity contribution is 8.14. The third kappa shape index (κ3) is 5.45. The Hall–Kier alpha value is -3.08. The summed E-state index contributed by atoms with van der Waals surface area (Å²) in [4.78, 5) is 53.2. The van der Waals surface area contributed by atoms with Crippen LogP contribution in [-0.4, -0.2) is 45.9 Å². The maximum absolute atomic E-state index is 12.1. The van der Waals surface area contributed by atoms with Gasteiger partial charge >= 0.3 is 12.0 Å². The summed E-state index contributed by atoms with van der Waals surface area (Å²) in [5.41, 5.74) is 0.545. The van der Waals surface area contributed by atoms with Crippen LogP contribution in [0.1, 0.15) is 13.8 Å². The van der Waals surface area contributed by atoms with E-state index < -0.39 is 28.7 Å². The molecule has 0 bridgehead atoms. The number of amides is 3. The van der Waals surface area contributed by atoms with E-state index in [0.717, 1.165) is 11.8 Å². The highest BCUT2D eigenvalue weighted by Gasteiger charge is 2.33. The van der Waals surface area contributed by atoms with E-state index in [1.165, 1.54) is 31.2 Å². The summed E-state index contributed by atoms with van der Waals surface area (Å²) < 4.78 is 4.97. The lowest BCUT2D eigenvalue weighted by atomic mass is 10.1. The van der Waals surface area contributed by atoms with Crippen LogP contribution in [0.2, 0.25) is 0 Å². The number of thioether (sulfide) groups is 1. The summed E-state index contributed by atoms with van der Waals surface area (Å²) in [6, 6.07) is 4.60. The number of nitro benzene ring substituents is 1. The molecule has 0 aromatic heterocycles. The summed E-state index contributed by atoms with van der Waals surface area (Å²) in [6.07, 6.45) is 0. The molecule has 0 saturated carbocycles. The van der Waals surface area contributed by atoms with Crippen LogP contribution in [0.5, 0.6) is 0 Å². The number of hydrogen-bond donors (Lipinski definition) is 1. The Labute approximate surface area is 158 Å². The van der Waals surface area contributed by atoms with Gasteiger partial charge in [0.2, 0.25) is 5.91 Å². The van der Waals surface area contributed by atoms with Crippen molar-refractivity contribution in [1.82, 2.24) is 0 Å². The van der Waals surface area contributed by atoms with Gasteiger partial charge in [-0.15, -0.1) is 0 Å². The van der Waals surface area contributed by atoms with Gasteiger partial charge in [0.1, 0.15) is 5.92 Å². The van der Waals surface area contributed by atoms with Gasteiger partial charge in [-0.3, -0.25) is 19.7 Å². The highest BCUT2D eigenvalue weighted by Crippen LogP contribution is 2.22. The van der Waals surface area contributed by atoms with Gasteiger partial charge in [0.05, 0.1) is 22.3 Å². The molecule has 1 aromatic rings. The van der Waals surface area contributed by atoms with Crippen LogP contribution >= 0.6 is 11.8 Å². The average molecular weight is 392 g/mol. The third-order valence-corrected chi connectivity index (χ3v) is 4.41. The van der Waals surface area contributed by atoms with Crippen LogP contribution in [-0.2, 0) is 14.3 Å². The zero-order valence-electron chi connectivity index (χ0n) is 14.5. The van der Waals surface area contributed by atoms with Crippen molar-refractivity contribution in [2.45, 2.75) is 13.8 Å². The van der Waals surface area contributed by atoms with Gasteiger partial charge in [0.25, 0.3) is 5.69 Å². The lowest BCUT2D eigenvalue weighted by molar-refractivity contribution is -0.384. The molecule has 0 radical (unpaired) electrons. The van der Waals surface area contributed by atoms with E-state index in [1.807, 2.05) is 0 Å². The number of nitro groups is 1. The second kappa shape index (κ2) is 9.03. The highest BCUT2D eigenvalue weighted by atomic mass is 32.2. The minimum atomic E-state index is -0.917. The molecular formula is C16H16N4O6S. The second-order valence-electron chi connectivity index (χ2n) is 5.31. The van der Waals surface area contributed by atoms with E-state index in [4.69, 9.17) is 4.74 Å². The molecule has 1 N–H and O–H groups in total. The number of ether oxygens (including phenoxy) is 1. The maximum atomic E-state index is 12.1. The number of benzene rings is 1. The SMILES string of the molecule is CCOC(=O)C1C(C)=NC(=O)N=C1SCC(=O)Nc1ccc([N+](=O)[O-])cc1. The van der Waals surface area contributed by atoms with Gasteiger partial charge < -0.3 is 10.1 Å². The average Bonchev–Trinajstić information content (AvgIpc) is 2.60. The van der Waals surface area contributed by atoms with Crippen molar-refractivity contribution in [3.05, 3.63) is 34.4 Å². The van der Waals surface area contributed by atoms with E-state index >= 15 is 0 Å². The van der Waals surface area contributed by atoms with Crippen LogP contribution in [0.3, 0.4) is 0 Å². The number of anilines is 1. The second-order valence-corrected chi connectivity index (χ2v) is 6.31. The predicted molar refractivity (Wildman–Crippen MR) is 100 cm³/mol. The first-order chi connectivity index (χ1) is 12.8. The smallest absolute Gasteiger partial charge is 0.367 e. The van der Waals surface area contributed by atoms with Crippen molar-refractivity contribution in [3.8, 4) is 0 Å². The molecular weight excluding hydrogens is 376 g/mol. The first-order valence-electron chi connectivity index (χ1n) is 7.83. The summed E-state index contributed by atoms with van der Waals surface area (Å²) in [5, 5.41) is 13.3. The Morgan fingerprint density at radius 1 is 1.30 bits per heavy atom. The van der Waals surface area contributed by atoms with E-state index in [-0.39, 0.29) is 28.8 Å². The van der Waals surface area contributed by atoms with Crippen molar-refractivity contribution in [3.63, 3.8) is 0 Å². The fourth-order valence-corrected chi connectivity index (χ4v) is 3.12. The van der Waals surface area contributed by atoms with Crippen molar-refractivity contribution < 1.29 is 24.0 Å². The predicted octanol–water partition coefficient (Wildman–Crippen LogP) is 2.44. The molecule has 142 valence electrons. The number of non-ortho nitro benzene ring substituents is 1. The molecule has 0 spiro atoms. The van der Waals surface area contributed by atoms with Crippen molar-refractivity contribution in [1.29, 1.82) is 0 Å². The maximum Gasteiger partial charge on any atom is 0.367 e. The van der Waals surface area contributed by atoms with E-state index in [9.17, 15) is 24.5 Å². The number of rotatable bonds is 6. The molecule has 1 aromatic carbocycles. The first kappa shape index (κ1) is 20.2. The largest absolute Gasteiger partial charge is 0.465 e.